The first-order valence-corrected chi connectivity index (χ1v) is 14.8. The number of imidazole rings is 1. The fourth-order valence-corrected chi connectivity index (χ4v) is 4.80. The number of benzene rings is 2. The monoisotopic (exact) mass is 578 g/mol. The highest BCUT2D eigenvalue weighted by atomic mass is 19.3. The van der Waals surface area contributed by atoms with Gasteiger partial charge < -0.3 is 15.5 Å². The molecule has 0 aliphatic heterocycles. The van der Waals surface area contributed by atoms with E-state index < -0.39 is 6.43 Å². The van der Waals surface area contributed by atoms with E-state index >= 15 is 0 Å². The first-order valence-electron chi connectivity index (χ1n) is 14.8. The lowest BCUT2D eigenvalue weighted by molar-refractivity contribution is 0.0952. The highest BCUT2D eigenvalue weighted by Gasteiger charge is 2.13. The van der Waals surface area contributed by atoms with Crippen molar-refractivity contribution < 1.29 is 13.6 Å². The van der Waals surface area contributed by atoms with Crippen LogP contribution in [-0.2, 0) is 0 Å². The maximum atomic E-state index is 12.8. The Labute approximate surface area is 248 Å². The molecule has 2 heterocycles. The maximum absolute atomic E-state index is 12.8. The molecule has 0 atom stereocenters. The Morgan fingerprint density at radius 2 is 1.67 bits per heavy atom. The molecule has 7 nitrogen and oxygen atoms in total. The molecule has 2 aromatic heterocycles. The Bertz CT molecular complexity index is 1390. The van der Waals surface area contributed by atoms with Crippen LogP contribution in [0.1, 0.15) is 67.9 Å². The SMILES string of the molecule is CC(F)F.CCCN(CCC)CCCCNC(=O)c1ccc(Nc2nccn3c(-c4ccc(C)cc4)cnc23)cc1C. The van der Waals surface area contributed by atoms with Crippen molar-refractivity contribution in [3.8, 4) is 11.3 Å². The van der Waals surface area contributed by atoms with Gasteiger partial charge in [-0.3, -0.25) is 9.20 Å². The average molecular weight is 579 g/mol. The molecule has 0 radical (unpaired) electrons. The third kappa shape index (κ3) is 9.62. The molecule has 0 fully saturated rings. The average Bonchev–Trinajstić information content (AvgIpc) is 3.38. The predicted molar refractivity (Wildman–Crippen MR) is 168 cm³/mol. The largest absolute Gasteiger partial charge is 0.352 e. The second kappa shape index (κ2) is 16.6. The van der Waals surface area contributed by atoms with Crippen molar-refractivity contribution in [3.05, 3.63) is 77.7 Å². The van der Waals surface area contributed by atoms with E-state index in [1.165, 1.54) is 18.4 Å². The first kappa shape index (κ1) is 32.7. The minimum absolute atomic E-state index is 0.0238. The van der Waals surface area contributed by atoms with Gasteiger partial charge in [-0.25, -0.2) is 18.7 Å². The van der Waals surface area contributed by atoms with Crippen molar-refractivity contribution in [2.75, 3.05) is 31.5 Å². The zero-order valence-electron chi connectivity index (χ0n) is 25.5. The molecule has 2 aromatic carbocycles. The number of carbonyl (C=O) groups excluding carboxylic acids is 1. The summed E-state index contributed by atoms with van der Waals surface area (Å²) in [5, 5.41) is 6.48. The molecule has 2 N–H and O–H groups in total. The van der Waals surface area contributed by atoms with Gasteiger partial charge in [0.15, 0.2) is 11.5 Å². The summed E-state index contributed by atoms with van der Waals surface area (Å²) in [4.78, 5) is 24.5. The Kier molecular flexibility index (Phi) is 12.9. The second-order valence-electron chi connectivity index (χ2n) is 10.5. The molecule has 0 saturated carbocycles. The number of nitrogens with zero attached hydrogens (tertiary/aromatic N) is 4. The minimum atomic E-state index is -2.17. The standard InChI is InChI=1S/C31H40N6O.C2H4F2/c1-5-17-36(18-6-2)19-8-7-15-33-31(38)27-14-13-26(21-24(27)4)35-29-30-34-22-28(37(30)20-16-32-29)25-11-9-23(3)10-12-25;1-2(3)4/h9-14,16,20-22H,5-8,15,17-19H2,1-4H3,(H,32,35)(H,33,38);2H,1H3. The number of alkyl halides is 2. The zero-order valence-corrected chi connectivity index (χ0v) is 25.5. The Morgan fingerprint density at radius 3 is 2.31 bits per heavy atom. The molecule has 0 aliphatic carbocycles. The van der Waals surface area contributed by atoms with Crippen molar-refractivity contribution in [1.82, 2.24) is 24.6 Å². The van der Waals surface area contributed by atoms with Crippen molar-refractivity contribution in [1.29, 1.82) is 0 Å². The number of anilines is 2. The molecule has 0 bridgehead atoms. The van der Waals surface area contributed by atoms with Gasteiger partial charge >= 0.3 is 0 Å². The topological polar surface area (TPSA) is 74.6 Å². The molecule has 4 rings (SSSR count). The van der Waals surface area contributed by atoms with Crippen molar-refractivity contribution >= 4 is 23.1 Å². The third-order valence-corrected chi connectivity index (χ3v) is 6.78. The van der Waals surface area contributed by atoms with E-state index in [0.717, 1.165) is 67.6 Å². The van der Waals surface area contributed by atoms with Gasteiger partial charge in [-0.1, -0.05) is 43.7 Å². The molecule has 0 saturated heterocycles. The summed E-state index contributed by atoms with van der Waals surface area (Å²) >= 11 is 0. The lowest BCUT2D eigenvalue weighted by atomic mass is 10.1. The molecule has 9 heteroatoms. The molecule has 42 heavy (non-hydrogen) atoms. The van der Waals surface area contributed by atoms with E-state index in [0.29, 0.717) is 17.9 Å². The number of aryl methyl sites for hydroxylation is 2. The molecule has 0 spiro atoms. The third-order valence-electron chi connectivity index (χ3n) is 6.78. The Hall–Kier alpha value is -3.85. The number of fused-ring (bicyclic) bond motifs is 1. The van der Waals surface area contributed by atoms with Crippen molar-refractivity contribution in [2.45, 2.75) is 66.7 Å². The van der Waals surface area contributed by atoms with Gasteiger partial charge in [-0.05, 0) is 89.9 Å². The summed E-state index contributed by atoms with van der Waals surface area (Å²) in [6.07, 6.45) is 7.85. The molecule has 4 aromatic rings. The fourth-order valence-electron chi connectivity index (χ4n) is 4.80. The summed E-state index contributed by atoms with van der Waals surface area (Å²) in [6, 6.07) is 14.2. The van der Waals surface area contributed by atoms with Crippen LogP contribution in [0.4, 0.5) is 20.3 Å². The van der Waals surface area contributed by atoms with Gasteiger partial charge in [0, 0.05) is 35.8 Å². The van der Waals surface area contributed by atoms with E-state index in [9.17, 15) is 13.6 Å². The van der Waals surface area contributed by atoms with E-state index in [2.05, 4.69) is 70.5 Å². The molecule has 1 amide bonds. The quantitative estimate of drug-likeness (QED) is 0.159. The van der Waals surface area contributed by atoms with Gasteiger partial charge in [0.2, 0.25) is 6.43 Å². The summed E-state index contributed by atoms with van der Waals surface area (Å²) in [7, 11) is 0. The van der Waals surface area contributed by atoms with E-state index in [4.69, 9.17) is 0 Å². The van der Waals surface area contributed by atoms with Crippen LogP contribution in [0, 0.1) is 13.8 Å². The van der Waals surface area contributed by atoms with E-state index in [1.807, 2.05) is 41.9 Å². The second-order valence-corrected chi connectivity index (χ2v) is 10.5. The van der Waals surface area contributed by atoms with Crippen LogP contribution in [-0.4, -0.2) is 57.8 Å². The van der Waals surface area contributed by atoms with Gasteiger partial charge in [-0.2, -0.15) is 0 Å². The molecule has 0 aliphatic rings. The van der Waals surface area contributed by atoms with Crippen LogP contribution >= 0.6 is 0 Å². The number of unbranched alkanes of at least 4 members (excludes halogenated alkanes) is 1. The molecular weight excluding hydrogens is 534 g/mol. The molecule has 0 unspecified atom stereocenters. The van der Waals surface area contributed by atoms with Gasteiger partial charge in [0.25, 0.3) is 5.91 Å². The number of halogens is 2. The number of nitrogens with one attached hydrogen (secondary N) is 2. The Morgan fingerprint density at radius 1 is 0.976 bits per heavy atom. The molecule has 226 valence electrons. The van der Waals surface area contributed by atoms with Crippen LogP contribution in [0.3, 0.4) is 0 Å². The number of rotatable bonds is 13. The van der Waals surface area contributed by atoms with Crippen LogP contribution < -0.4 is 10.6 Å². The summed E-state index contributed by atoms with van der Waals surface area (Å²) in [6.45, 7) is 13.4. The summed E-state index contributed by atoms with van der Waals surface area (Å²) in [5.74, 6) is 0.645. The van der Waals surface area contributed by atoms with E-state index in [1.54, 1.807) is 6.20 Å². The number of hydrogen-bond acceptors (Lipinski definition) is 5. The number of carbonyl (C=O) groups is 1. The normalized spacial score (nSPS) is 11.1. The molecular formula is C33H44F2N6O. The highest BCUT2D eigenvalue weighted by molar-refractivity contribution is 5.96. The number of aromatic nitrogens is 3. The van der Waals surface area contributed by atoms with Crippen LogP contribution in [0.2, 0.25) is 0 Å². The van der Waals surface area contributed by atoms with Gasteiger partial charge in [-0.15, -0.1) is 0 Å². The Balaban J connectivity index is 0.00000114. The number of hydrogen-bond donors (Lipinski definition) is 2. The van der Waals surface area contributed by atoms with Crippen molar-refractivity contribution in [2.24, 2.45) is 0 Å². The van der Waals surface area contributed by atoms with Crippen molar-refractivity contribution in [3.63, 3.8) is 0 Å². The van der Waals surface area contributed by atoms with E-state index in [-0.39, 0.29) is 5.91 Å². The summed E-state index contributed by atoms with van der Waals surface area (Å²) in [5.41, 5.74) is 6.57. The van der Waals surface area contributed by atoms with Gasteiger partial charge in [0.05, 0.1) is 11.9 Å². The van der Waals surface area contributed by atoms with Crippen LogP contribution in [0.15, 0.2) is 61.1 Å². The first-order chi connectivity index (χ1) is 20.2. The zero-order chi connectivity index (χ0) is 30.5. The van der Waals surface area contributed by atoms with Crippen LogP contribution in [0.25, 0.3) is 16.9 Å². The fraction of sp³-hybridized carbons (Fsp3) is 0.424. The van der Waals surface area contributed by atoms with Crippen LogP contribution in [0.5, 0.6) is 0 Å². The number of amides is 1. The maximum Gasteiger partial charge on any atom is 0.251 e. The predicted octanol–water partition coefficient (Wildman–Crippen LogP) is 7.66. The van der Waals surface area contributed by atoms with Gasteiger partial charge in [0.1, 0.15) is 0 Å². The lowest BCUT2D eigenvalue weighted by Gasteiger charge is -2.20. The smallest absolute Gasteiger partial charge is 0.251 e. The summed E-state index contributed by atoms with van der Waals surface area (Å²) < 4.78 is 22.7. The highest BCUT2D eigenvalue weighted by Crippen LogP contribution is 2.26. The minimum Gasteiger partial charge on any atom is -0.352 e. The lowest BCUT2D eigenvalue weighted by Crippen LogP contribution is -2.28.